The highest BCUT2D eigenvalue weighted by Crippen LogP contribution is 2.29. The van der Waals surface area contributed by atoms with E-state index in [1.54, 1.807) is 12.1 Å². The lowest BCUT2D eigenvalue weighted by Gasteiger charge is -2.07. The molecule has 0 saturated carbocycles. The number of nitriles is 1. The van der Waals surface area contributed by atoms with Crippen molar-refractivity contribution in [1.82, 2.24) is 5.32 Å². The summed E-state index contributed by atoms with van der Waals surface area (Å²) in [6, 6.07) is 22.2. The van der Waals surface area contributed by atoms with Gasteiger partial charge in [-0.25, -0.2) is 0 Å². The maximum Gasteiger partial charge on any atom is 0.262 e. The number of rotatable bonds is 4. The van der Waals surface area contributed by atoms with Crippen LogP contribution in [0.2, 0.25) is 0 Å². The van der Waals surface area contributed by atoms with Crippen molar-refractivity contribution < 1.29 is 9.90 Å². The van der Waals surface area contributed by atoms with Crippen LogP contribution < -0.4 is 5.32 Å². The van der Waals surface area contributed by atoms with Gasteiger partial charge in [-0.1, -0.05) is 60.7 Å². The highest BCUT2D eigenvalue weighted by molar-refractivity contribution is 6.04. The van der Waals surface area contributed by atoms with Crippen LogP contribution >= 0.6 is 0 Å². The first-order valence-electron chi connectivity index (χ1n) is 7.83. The summed E-state index contributed by atoms with van der Waals surface area (Å²) in [5, 5.41) is 23.9. The first-order valence-corrected chi connectivity index (χ1v) is 7.83. The molecule has 0 aliphatic carbocycles. The Morgan fingerprint density at radius 2 is 1.76 bits per heavy atom. The lowest BCUT2D eigenvalue weighted by atomic mass is 10.0. The van der Waals surface area contributed by atoms with Crippen LogP contribution in [0.15, 0.2) is 72.3 Å². The van der Waals surface area contributed by atoms with E-state index in [9.17, 15) is 15.2 Å². The number of nitrogens with one attached hydrogen (secondary N) is 1. The van der Waals surface area contributed by atoms with E-state index in [2.05, 4.69) is 5.32 Å². The summed E-state index contributed by atoms with van der Waals surface area (Å²) in [6.45, 7) is 0.334. The van der Waals surface area contributed by atoms with Crippen LogP contribution in [0.25, 0.3) is 16.8 Å². The summed E-state index contributed by atoms with van der Waals surface area (Å²) in [5.74, 6) is -0.444. The van der Waals surface area contributed by atoms with E-state index < -0.39 is 5.91 Å². The zero-order chi connectivity index (χ0) is 17.6. The minimum atomic E-state index is -0.473. The SMILES string of the molecule is N#CC(=Cc1c(O)ccc2ccccc12)C(=O)NCc1ccccc1. The molecule has 0 bridgehead atoms. The first-order chi connectivity index (χ1) is 12.2. The molecule has 0 heterocycles. The normalized spacial score (nSPS) is 11.1. The van der Waals surface area contributed by atoms with Gasteiger partial charge in [0.2, 0.25) is 0 Å². The molecule has 4 heteroatoms. The van der Waals surface area contributed by atoms with Crippen molar-refractivity contribution in [1.29, 1.82) is 5.26 Å². The van der Waals surface area contributed by atoms with Gasteiger partial charge < -0.3 is 10.4 Å². The van der Waals surface area contributed by atoms with Crippen LogP contribution in [-0.2, 0) is 11.3 Å². The van der Waals surface area contributed by atoms with Crippen molar-refractivity contribution in [3.05, 3.63) is 83.4 Å². The zero-order valence-corrected chi connectivity index (χ0v) is 13.4. The standard InChI is InChI=1S/C21H16N2O2/c22-13-17(21(25)23-14-15-6-2-1-3-7-15)12-19-18-9-5-4-8-16(18)10-11-20(19)24/h1-12,24H,14H2,(H,23,25). The predicted molar refractivity (Wildman–Crippen MR) is 97.5 cm³/mol. The Hall–Kier alpha value is -3.58. The van der Waals surface area contributed by atoms with Crippen LogP contribution in [0.1, 0.15) is 11.1 Å². The molecule has 0 fully saturated rings. The molecule has 0 spiro atoms. The fourth-order valence-corrected chi connectivity index (χ4v) is 2.60. The molecule has 3 aromatic rings. The number of carbonyl (C=O) groups is 1. The van der Waals surface area contributed by atoms with Crippen molar-refractivity contribution in [3.8, 4) is 11.8 Å². The number of phenols is 1. The van der Waals surface area contributed by atoms with Crippen molar-refractivity contribution in [2.75, 3.05) is 0 Å². The highest BCUT2D eigenvalue weighted by atomic mass is 16.3. The number of fused-ring (bicyclic) bond motifs is 1. The number of phenolic OH excluding ortho intramolecular Hbond substituents is 1. The summed E-state index contributed by atoms with van der Waals surface area (Å²) in [6.07, 6.45) is 1.43. The highest BCUT2D eigenvalue weighted by Gasteiger charge is 2.12. The van der Waals surface area contributed by atoms with E-state index in [0.717, 1.165) is 16.3 Å². The monoisotopic (exact) mass is 328 g/mol. The Morgan fingerprint density at radius 3 is 2.52 bits per heavy atom. The van der Waals surface area contributed by atoms with E-state index in [0.29, 0.717) is 12.1 Å². The maximum absolute atomic E-state index is 12.3. The first kappa shape index (κ1) is 16.3. The molecular weight excluding hydrogens is 312 g/mol. The molecule has 0 aliphatic rings. The van der Waals surface area contributed by atoms with Crippen molar-refractivity contribution in [3.63, 3.8) is 0 Å². The van der Waals surface area contributed by atoms with E-state index in [-0.39, 0.29) is 11.3 Å². The van der Waals surface area contributed by atoms with Gasteiger partial charge in [-0.05, 0) is 28.5 Å². The van der Waals surface area contributed by atoms with Crippen molar-refractivity contribution >= 4 is 22.8 Å². The van der Waals surface area contributed by atoms with E-state index in [1.807, 2.05) is 60.7 Å². The smallest absolute Gasteiger partial charge is 0.262 e. The summed E-state index contributed by atoms with van der Waals surface area (Å²) in [7, 11) is 0. The van der Waals surface area contributed by atoms with Crippen LogP contribution in [0.5, 0.6) is 5.75 Å². The molecule has 122 valence electrons. The molecule has 0 unspecified atom stereocenters. The molecule has 0 saturated heterocycles. The van der Waals surface area contributed by atoms with Gasteiger partial charge >= 0.3 is 0 Å². The second-order valence-corrected chi connectivity index (χ2v) is 5.56. The Bertz CT molecular complexity index is 986. The summed E-state index contributed by atoms with van der Waals surface area (Å²) in [5.41, 5.74) is 1.35. The van der Waals surface area contributed by atoms with Crippen LogP contribution in [0.4, 0.5) is 0 Å². The third-order valence-corrected chi connectivity index (χ3v) is 3.90. The third-order valence-electron chi connectivity index (χ3n) is 3.90. The Labute approximate surface area is 145 Å². The molecule has 1 amide bonds. The Balaban J connectivity index is 1.89. The fourth-order valence-electron chi connectivity index (χ4n) is 2.60. The molecular formula is C21H16N2O2. The van der Waals surface area contributed by atoms with Gasteiger partial charge in [-0.15, -0.1) is 0 Å². The molecule has 0 atom stereocenters. The zero-order valence-electron chi connectivity index (χ0n) is 13.4. The van der Waals surface area contributed by atoms with Gasteiger partial charge in [0.1, 0.15) is 17.4 Å². The Morgan fingerprint density at radius 1 is 1.04 bits per heavy atom. The molecule has 25 heavy (non-hydrogen) atoms. The second kappa shape index (κ2) is 7.33. The molecule has 3 aromatic carbocycles. The fraction of sp³-hybridized carbons (Fsp3) is 0.0476. The number of aromatic hydroxyl groups is 1. The Kier molecular flexibility index (Phi) is 4.77. The van der Waals surface area contributed by atoms with E-state index in [1.165, 1.54) is 6.08 Å². The number of nitrogens with zero attached hydrogens (tertiary/aromatic N) is 1. The number of benzene rings is 3. The third kappa shape index (κ3) is 3.67. The van der Waals surface area contributed by atoms with Gasteiger partial charge in [0.25, 0.3) is 5.91 Å². The number of hydrogen-bond donors (Lipinski definition) is 2. The van der Waals surface area contributed by atoms with Crippen molar-refractivity contribution in [2.24, 2.45) is 0 Å². The average Bonchev–Trinajstić information content (AvgIpc) is 2.66. The molecule has 0 radical (unpaired) electrons. The lowest BCUT2D eigenvalue weighted by molar-refractivity contribution is -0.117. The minimum Gasteiger partial charge on any atom is -0.507 e. The maximum atomic E-state index is 12.3. The van der Waals surface area contributed by atoms with Gasteiger partial charge in [-0.3, -0.25) is 4.79 Å². The lowest BCUT2D eigenvalue weighted by Crippen LogP contribution is -2.23. The summed E-state index contributed by atoms with van der Waals surface area (Å²) in [4.78, 5) is 12.3. The predicted octanol–water partition coefficient (Wildman–Crippen LogP) is 3.77. The summed E-state index contributed by atoms with van der Waals surface area (Å²) >= 11 is 0. The summed E-state index contributed by atoms with van der Waals surface area (Å²) < 4.78 is 0. The number of amides is 1. The quantitative estimate of drug-likeness (QED) is 0.565. The van der Waals surface area contributed by atoms with Gasteiger partial charge in [0, 0.05) is 12.1 Å². The molecule has 2 N–H and O–H groups in total. The number of hydrogen-bond acceptors (Lipinski definition) is 3. The van der Waals surface area contributed by atoms with Gasteiger partial charge in [0.05, 0.1) is 0 Å². The molecule has 0 aliphatic heterocycles. The second-order valence-electron chi connectivity index (χ2n) is 5.56. The van der Waals surface area contributed by atoms with Crippen LogP contribution in [-0.4, -0.2) is 11.0 Å². The van der Waals surface area contributed by atoms with Gasteiger partial charge in [-0.2, -0.15) is 5.26 Å². The van der Waals surface area contributed by atoms with Gasteiger partial charge in [0.15, 0.2) is 0 Å². The van der Waals surface area contributed by atoms with Crippen LogP contribution in [0.3, 0.4) is 0 Å². The molecule has 0 aromatic heterocycles. The largest absolute Gasteiger partial charge is 0.507 e. The molecule has 4 nitrogen and oxygen atoms in total. The van der Waals surface area contributed by atoms with E-state index in [4.69, 9.17) is 0 Å². The van der Waals surface area contributed by atoms with Crippen LogP contribution in [0, 0.1) is 11.3 Å². The van der Waals surface area contributed by atoms with E-state index >= 15 is 0 Å². The number of carbonyl (C=O) groups excluding carboxylic acids is 1. The minimum absolute atomic E-state index is 0.0299. The molecule has 3 rings (SSSR count). The van der Waals surface area contributed by atoms with Crippen molar-refractivity contribution in [2.45, 2.75) is 6.54 Å². The topological polar surface area (TPSA) is 73.1 Å². The average molecular weight is 328 g/mol.